The van der Waals surface area contributed by atoms with E-state index in [-0.39, 0.29) is 16.2 Å². The molecule has 0 saturated heterocycles. The first kappa shape index (κ1) is 15.4. The number of thiocarbonyl (C=S) groups is 1. The van der Waals surface area contributed by atoms with Gasteiger partial charge in [0, 0.05) is 10.6 Å². The van der Waals surface area contributed by atoms with Crippen LogP contribution in [0.2, 0.25) is 5.02 Å². The van der Waals surface area contributed by atoms with E-state index in [1.807, 2.05) is 6.92 Å². The van der Waals surface area contributed by atoms with Crippen LogP contribution in [0, 0.1) is 12.7 Å². The molecule has 0 bridgehead atoms. The minimum absolute atomic E-state index is 0.0130. The Morgan fingerprint density at radius 3 is 2.67 bits per heavy atom. The van der Waals surface area contributed by atoms with Gasteiger partial charge in [-0.1, -0.05) is 36.0 Å². The molecule has 21 heavy (non-hydrogen) atoms. The zero-order chi connectivity index (χ0) is 15.6. The van der Waals surface area contributed by atoms with E-state index in [4.69, 9.17) is 29.6 Å². The number of nitrogens with one attached hydrogen (secondary N) is 1. The first-order valence-electron chi connectivity index (χ1n) is 6.06. The summed E-state index contributed by atoms with van der Waals surface area (Å²) < 4.78 is 13.7. The molecule has 2 aromatic rings. The Morgan fingerprint density at radius 1 is 1.33 bits per heavy atom. The van der Waals surface area contributed by atoms with Crippen LogP contribution < -0.4 is 11.1 Å². The van der Waals surface area contributed by atoms with Gasteiger partial charge in [-0.15, -0.1) is 0 Å². The van der Waals surface area contributed by atoms with Gasteiger partial charge in [0.25, 0.3) is 5.91 Å². The zero-order valence-corrected chi connectivity index (χ0v) is 12.7. The number of benzene rings is 2. The molecule has 0 spiro atoms. The summed E-state index contributed by atoms with van der Waals surface area (Å²) in [4.78, 5) is 12.1. The molecule has 0 aliphatic rings. The Bertz CT molecular complexity index is 734. The summed E-state index contributed by atoms with van der Waals surface area (Å²) in [6.07, 6.45) is 0. The number of carbonyl (C=O) groups excluding carboxylic acids is 1. The number of amides is 1. The predicted octanol–water partition coefficient (Wildman–Crippen LogP) is 3.67. The first-order chi connectivity index (χ1) is 9.90. The van der Waals surface area contributed by atoms with Crippen LogP contribution in [0.5, 0.6) is 0 Å². The summed E-state index contributed by atoms with van der Waals surface area (Å²) in [5.74, 6) is -0.998. The van der Waals surface area contributed by atoms with E-state index >= 15 is 0 Å². The van der Waals surface area contributed by atoms with Crippen LogP contribution in [0.15, 0.2) is 36.4 Å². The molecular formula is C15H12ClFN2OS. The second-order valence-corrected chi connectivity index (χ2v) is 5.29. The molecule has 0 saturated carbocycles. The molecule has 1 amide bonds. The number of halogens is 2. The van der Waals surface area contributed by atoms with Crippen molar-refractivity contribution in [3.05, 3.63) is 63.9 Å². The highest BCUT2D eigenvalue weighted by atomic mass is 35.5. The fourth-order valence-corrected chi connectivity index (χ4v) is 2.20. The molecule has 0 atom stereocenters. The normalized spacial score (nSPS) is 10.2. The Labute approximate surface area is 131 Å². The molecular weight excluding hydrogens is 311 g/mol. The molecule has 0 radical (unpaired) electrons. The summed E-state index contributed by atoms with van der Waals surface area (Å²) in [6, 6.07) is 9.15. The number of nitrogens with two attached hydrogens (primary N) is 1. The van der Waals surface area contributed by atoms with E-state index in [9.17, 15) is 9.18 Å². The quantitative estimate of drug-likeness (QED) is 0.848. The van der Waals surface area contributed by atoms with E-state index < -0.39 is 11.7 Å². The molecule has 2 rings (SSSR count). The van der Waals surface area contributed by atoms with Crippen LogP contribution in [0.1, 0.15) is 21.5 Å². The molecule has 0 aliphatic carbocycles. The lowest BCUT2D eigenvalue weighted by molar-refractivity contribution is 0.102. The van der Waals surface area contributed by atoms with E-state index in [1.165, 1.54) is 18.2 Å². The maximum atomic E-state index is 13.7. The number of anilines is 1. The molecule has 0 aromatic heterocycles. The van der Waals surface area contributed by atoms with Gasteiger partial charge in [0.2, 0.25) is 0 Å². The lowest BCUT2D eigenvalue weighted by Crippen LogP contribution is -2.19. The fourth-order valence-electron chi connectivity index (χ4n) is 1.81. The third-order valence-corrected chi connectivity index (χ3v) is 3.55. The van der Waals surface area contributed by atoms with Gasteiger partial charge in [0.1, 0.15) is 10.8 Å². The summed E-state index contributed by atoms with van der Waals surface area (Å²) >= 11 is 10.8. The SMILES string of the molecule is Cc1ccc(C(=O)Nc2cccc(F)c2C(N)=S)cc1Cl. The monoisotopic (exact) mass is 322 g/mol. The van der Waals surface area contributed by atoms with Gasteiger partial charge in [-0.2, -0.15) is 0 Å². The highest BCUT2D eigenvalue weighted by molar-refractivity contribution is 7.80. The molecule has 2 aromatic carbocycles. The van der Waals surface area contributed by atoms with Crippen molar-refractivity contribution in [2.75, 3.05) is 5.32 Å². The van der Waals surface area contributed by atoms with E-state index in [0.717, 1.165) is 5.56 Å². The molecule has 0 heterocycles. The third-order valence-electron chi connectivity index (χ3n) is 2.94. The number of hydrogen-bond donors (Lipinski definition) is 2. The van der Waals surface area contributed by atoms with E-state index in [1.54, 1.807) is 18.2 Å². The number of hydrogen-bond acceptors (Lipinski definition) is 2. The topological polar surface area (TPSA) is 55.1 Å². The molecule has 108 valence electrons. The van der Waals surface area contributed by atoms with Crippen LogP contribution in [0.3, 0.4) is 0 Å². The van der Waals surface area contributed by atoms with Crippen molar-refractivity contribution in [2.45, 2.75) is 6.92 Å². The van der Waals surface area contributed by atoms with Gasteiger partial charge < -0.3 is 11.1 Å². The minimum atomic E-state index is -0.581. The second kappa shape index (κ2) is 6.20. The molecule has 6 heteroatoms. The lowest BCUT2D eigenvalue weighted by Gasteiger charge is -2.11. The highest BCUT2D eigenvalue weighted by Gasteiger charge is 2.14. The number of rotatable bonds is 3. The average molecular weight is 323 g/mol. The van der Waals surface area contributed by atoms with Crippen LogP contribution >= 0.6 is 23.8 Å². The largest absolute Gasteiger partial charge is 0.389 e. The van der Waals surface area contributed by atoms with E-state index in [0.29, 0.717) is 10.6 Å². The first-order valence-corrected chi connectivity index (χ1v) is 6.84. The highest BCUT2D eigenvalue weighted by Crippen LogP contribution is 2.21. The van der Waals surface area contributed by atoms with Crippen LogP contribution in [-0.2, 0) is 0 Å². The zero-order valence-electron chi connectivity index (χ0n) is 11.1. The maximum absolute atomic E-state index is 13.7. The molecule has 0 fully saturated rings. The van der Waals surface area contributed by atoms with Gasteiger partial charge in [0.15, 0.2) is 0 Å². The molecule has 0 aliphatic heterocycles. The Morgan fingerprint density at radius 2 is 2.05 bits per heavy atom. The van der Waals surface area contributed by atoms with Crippen molar-refractivity contribution in [1.82, 2.24) is 0 Å². The smallest absolute Gasteiger partial charge is 0.255 e. The van der Waals surface area contributed by atoms with Crippen LogP contribution in [0.25, 0.3) is 0 Å². The van der Waals surface area contributed by atoms with Crippen LogP contribution in [-0.4, -0.2) is 10.9 Å². The number of aryl methyl sites for hydroxylation is 1. The Balaban J connectivity index is 2.34. The molecule has 0 unspecified atom stereocenters. The van der Waals surface area contributed by atoms with Gasteiger partial charge in [-0.05, 0) is 36.8 Å². The lowest BCUT2D eigenvalue weighted by atomic mass is 10.1. The molecule has 3 N–H and O–H groups in total. The maximum Gasteiger partial charge on any atom is 0.255 e. The van der Waals surface area contributed by atoms with Crippen molar-refractivity contribution in [3.63, 3.8) is 0 Å². The van der Waals surface area contributed by atoms with E-state index in [2.05, 4.69) is 5.32 Å². The fraction of sp³-hybridized carbons (Fsp3) is 0.0667. The standard InChI is InChI=1S/C15H12ClFN2OS/c1-8-5-6-9(7-10(8)16)15(20)19-12-4-2-3-11(17)13(12)14(18)21/h2-7H,1H3,(H2,18,21)(H,19,20). The number of carbonyl (C=O) groups is 1. The summed E-state index contributed by atoms with van der Waals surface area (Å²) in [5, 5.41) is 3.07. The van der Waals surface area contributed by atoms with Crippen molar-refractivity contribution in [2.24, 2.45) is 5.73 Å². The minimum Gasteiger partial charge on any atom is -0.389 e. The Kier molecular flexibility index (Phi) is 4.55. The third kappa shape index (κ3) is 3.37. The Hall–Kier alpha value is -1.98. The van der Waals surface area contributed by atoms with Gasteiger partial charge in [-0.3, -0.25) is 4.79 Å². The van der Waals surface area contributed by atoms with Gasteiger partial charge >= 0.3 is 0 Å². The summed E-state index contributed by atoms with van der Waals surface area (Å²) in [6.45, 7) is 1.83. The summed E-state index contributed by atoms with van der Waals surface area (Å²) in [5.41, 5.74) is 6.96. The molecule has 3 nitrogen and oxygen atoms in total. The van der Waals surface area contributed by atoms with Gasteiger partial charge in [-0.25, -0.2) is 4.39 Å². The average Bonchev–Trinajstić information content (AvgIpc) is 2.41. The van der Waals surface area contributed by atoms with Crippen molar-refractivity contribution in [1.29, 1.82) is 0 Å². The van der Waals surface area contributed by atoms with Crippen molar-refractivity contribution in [3.8, 4) is 0 Å². The van der Waals surface area contributed by atoms with Crippen molar-refractivity contribution >= 4 is 40.4 Å². The van der Waals surface area contributed by atoms with Gasteiger partial charge in [0.05, 0.1) is 11.3 Å². The van der Waals surface area contributed by atoms with Crippen LogP contribution in [0.4, 0.5) is 10.1 Å². The summed E-state index contributed by atoms with van der Waals surface area (Å²) in [7, 11) is 0. The second-order valence-electron chi connectivity index (χ2n) is 4.44. The predicted molar refractivity (Wildman–Crippen MR) is 86.4 cm³/mol. The van der Waals surface area contributed by atoms with Crippen molar-refractivity contribution < 1.29 is 9.18 Å².